The summed E-state index contributed by atoms with van der Waals surface area (Å²) in [5.41, 5.74) is 0.778. The lowest BCUT2D eigenvalue weighted by Crippen LogP contribution is -2.49. The minimum Gasteiger partial charge on any atom is -0.344 e. The quantitative estimate of drug-likeness (QED) is 0.797. The van der Waals surface area contributed by atoms with Gasteiger partial charge in [0.05, 0.1) is 5.92 Å². The molecule has 0 radical (unpaired) electrons. The molecule has 1 aliphatic rings. The Balaban J connectivity index is 1.64. The van der Waals surface area contributed by atoms with Crippen LogP contribution in [0.3, 0.4) is 0 Å². The molecule has 1 aliphatic heterocycles. The van der Waals surface area contributed by atoms with Crippen LogP contribution in [0.25, 0.3) is 0 Å². The van der Waals surface area contributed by atoms with Gasteiger partial charge in [0.2, 0.25) is 17.7 Å². The second-order valence-electron chi connectivity index (χ2n) is 6.80. The van der Waals surface area contributed by atoms with Gasteiger partial charge in [0.15, 0.2) is 5.13 Å². The molecule has 1 fully saturated rings. The first kappa shape index (κ1) is 19.0. The van der Waals surface area contributed by atoms with Crippen LogP contribution in [0.5, 0.6) is 0 Å². The molecule has 1 aromatic heterocycles. The molecule has 7 nitrogen and oxygen atoms in total. The van der Waals surface area contributed by atoms with Crippen molar-refractivity contribution >= 4 is 39.9 Å². The third-order valence-corrected chi connectivity index (χ3v) is 5.16. The number of benzene rings is 1. The van der Waals surface area contributed by atoms with Crippen LogP contribution in [0.4, 0.5) is 10.8 Å². The zero-order valence-electron chi connectivity index (χ0n) is 15.2. The van der Waals surface area contributed by atoms with E-state index in [4.69, 9.17) is 0 Å². The summed E-state index contributed by atoms with van der Waals surface area (Å²) in [5, 5.41) is 7.79. The fraction of sp³-hybridized carbons (Fsp3) is 0.368. The second kappa shape index (κ2) is 8.30. The van der Waals surface area contributed by atoms with Crippen molar-refractivity contribution in [1.82, 2.24) is 10.3 Å². The number of amides is 3. The van der Waals surface area contributed by atoms with Crippen molar-refractivity contribution in [2.45, 2.75) is 26.3 Å². The Bertz CT molecular complexity index is 808. The van der Waals surface area contributed by atoms with E-state index in [-0.39, 0.29) is 30.1 Å². The van der Waals surface area contributed by atoms with Gasteiger partial charge in [0.1, 0.15) is 6.04 Å². The van der Waals surface area contributed by atoms with Crippen molar-refractivity contribution in [3.8, 4) is 0 Å². The van der Waals surface area contributed by atoms with Gasteiger partial charge in [-0.2, -0.15) is 0 Å². The molecule has 3 amide bonds. The third kappa shape index (κ3) is 4.51. The maximum Gasteiger partial charge on any atom is 0.248 e. The zero-order chi connectivity index (χ0) is 19.4. The van der Waals surface area contributed by atoms with Gasteiger partial charge in [-0.1, -0.05) is 32.0 Å². The summed E-state index contributed by atoms with van der Waals surface area (Å²) < 4.78 is 0. The van der Waals surface area contributed by atoms with Crippen LogP contribution in [0.2, 0.25) is 0 Å². The van der Waals surface area contributed by atoms with Gasteiger partial charge in [-0.05, 0) is 18.1 Å². The number of nitrogens with zero attached hydrogens (tertiary/aromatic N) is 2. The summed E-state index contributed by atoms with van der Waals surface area (Å²) in [6, 6.07) is 8.58. The fourth-order valence-corrected chi connectivity index (χ4v) is 3.55. The molecule has 27 heavy (non-hydrogen) atoms. The molecule has 0 bridgehead atoms. The van der Waals surface area contributed by atoms with Crippen molar-refractivity contribution in [3.05, 3.63) is 41.9 Å². The summed E-state index contributed by atoms with van der Waals surface area (Å²) in [4.78, 5) is 43.2. The summed E-state index contributed by atoms with van der Waals surface area (Å²) in [6.07, 6.45) is 1.74. The molecular weight excluding hydrogens is 364 g/mol. The van der Waals surface area contributed by atoms with Crippen LogP contribution in [0.1, 0.15) is 20.3 Å². The molecule has 142 valence electrons. The molecule has 0 saturated carbocycles. The van der Waals surface area contributed by atoms with Crippen molar-refractivity contribution in [1.29, 1.82) is 0 Å². The number of aromatic nitrogens is 1. The molecule has 0 unspecified atom stereocenters. The minimum absolute atomic E-state index is 0.0883. The Morgan fingerprint density at radius 2 is 2.00 bits per heavy atom. The Labute approximate surface area is 161 Å². The summed E-state index contributed by atoms with van der Waals surface area (Å²) in [6.45, 7) is 4.04. The van der Waals surface area contributed by atoms with Gasteiger partial charge in [0, 0.05) is 30.2 Å². The van der Waals surface area contributed by atoms with Crippen LogP contribution < -0.4 is 15.5 Å². The second-order valence-corrected chi connectivity index (χ2v) is 7.69. The van der Waals surface area contributed by atoms with Crippen molar-refractivity contribution < 1.29 is 14.4 Å². The number of rotatable bonds is 6. The number of para-hydroxylation sites is 1. The number of carbonyl (C=O) groups is 3. The standard InChI is InChI=1S/C19H22N4O3S/c1-12(2)16(18(26)22-19-20-8-9-27-19)21-17(25)13-10-15(24)23(11-13)14-6-4-3-5-7-14/h3-9,12-13,16H,10-11H2,1-2H3,(H,21,25)(H,20,22,26)/t13-,16-/m0/s1. The first-order chi connectivity index (χ1) is 13.0. The summed E-state index contributed by atoms with van der Waals surface area (Å²) in [5.74, 6) is -1.26. The molecule has 3 rings (SSSR count). The Hall–Kier alpha value is -2.74. The number of hydrogen-bond donors (Lipinski definition) is 2. The number of anilines is 2. The van der Waals surface area contributed by atoms with E-state index >= 15 is 0 Å². The first-order valence-corrected chi connectivity index (χ1v) is 9.70. The highest BCUT2D eigenvalue weighted by molar-refractivity contribution is 7.13. The predicted molar refractivity (Wildman–Crippen MR) is 104 cm³/mol. The Morgan fingerprint density at radius 3 is 2.63 bits per heavy atom. The van der Waals surface area contributed by atoms with Gasteiger partial charge in [-0.3, -0.25) is 14.4 Å². The van der Waals surface area contributed by atoms with Crippen molar-refractivity contribution in [2.24, 2.45) is 11.8 Å². The van der Waals surface area contributed by atoms with E-state index in [0.717, 1.165) is 5.69 Å². The largest absolute Gasteiger partial charge is 0.344 e. The van der Waals surface area contributed by atoms with Gasteiger partial charge in [0.25, 0.3) is 0 Å². The van der Waals surface area contributed by atoms with E-state index < -0.39 is 12.0 Å². The normalized spacial score (nSPS) is 17.8. The van der Waals surface area contributed by atoms with E-state index in [1.807, 2.05) is 44.2 Å². The van der Waals surface area contributed by atoms with E-state index in [2.05, 4.69) is 15.6 Å². The van der Waals surface area contributed by atoms with Crippen LogP contribution >= 0.6 is 11.3 Å². The molecule has 1 saturated heterocycles. The first-order valence-electron chi connectivity index (χ1n) is 8.82. The predicted octanol–water partition coefficient (Wildman–Crippen LogP) is 2.28. The number of nitrogens with one attached hydrogen (secondary N) is 2. The zero-order valence-corrected chi connectivity index (χ0v) is 16.0. The van der Waals surface area contributed by atoms with Crippen LogP contribution in [0.15, 0.2) is 41.9 Å². The summed E-state index contributed by atoms with van der Waals surface area (Å²) in [7, 11) is 0. The molecule has 1 aromatic carbocycles. The van der Waals surface area contributed by atoms with E-state index in [1.54, 1.807) is 16.5 Å². The molecule has 0 aliphatic carbocycles. The molecule has 0 spiro atoms. The summed E-state index contributed by atoms with van der Waals surface area (Å²) >= 11 is 1.32. The fourth-order valence-electron chi connectivity index (χ4n) is 3.02. The lowest BCUT2D eigenvalue weighted by Gasteiger charge is -2.23. The van der Waals surface area contributed by atoms with Crippen LogP contribution in [-0.2, 0) is 14.4 Å². The van der Waals surface area contributed by atoms with Crippen molar-refractivity contribution in [3.63, 3.8) is 0 Å². The van der Waals surface area contributed by atoms with Gasteiger partial charge in [-0.25, -0.2) is 4.98 Å². The maximum absolute atomic E-state index is 12.7. The average Bonchev–Trinajstić information content (AvgIpc) is 3.29. The monoisotopic (exact) mass is 386 g/mol. The smallest absolute Gasteiger partial charge is 0.248 e. The lowest BCUT2D eigenvalue weighted by atomic mass is 10.0. The average molecular weight is 386 g/mol. The Kier molecular flexibility index (Phi) is 5.85. The van der Waals surface area contributed by atoms with Gasteiger partial charge >= 0.3 is 0 Å². The Morgan fingerprint density at radius 1 is 1.26 bits per heavy atom. The number of carbonyl (C=O) groups excluding carboxylic acids is 3. The minimum atomic E-state index is -0.692. The maximum atomic E-state index is 12.7. The molecule has 8 heteroatoms. The SMILES string of the molecule is CC(C)[C@H](NC(=O)[C@H]1CC(=O)N(c2ccccc2)C1)C(=O)Nc1nccs1. The van der Waals surface area contributed by atoms with Crippen LogP contribution in [0, 0.1) is 11.8 Å². The lowest BCUT2D eigenvalue weighted by molar-refractivity contribution is -0.130. The number of hydrogen-bond acceptors (Lipinski definition) is 5. The molecule has 2 atom stereocenters. The van der Waals surface area contributed by atoms with Crippen LogP contribution in [-0.4, -0.2) is 35.3 Å². The van der Waals surface area contributed by atoms with Gasteiger partial charge in [-0.15, -0.1) is 11.3 Å². The molecule has 2 N–H and O–H groups in total. The highest BCUT2D eigenvalue weighted by atomic mass is 32.1. The van der Waals surface area contributed by atoms with E-state index in [0.29, 0.717) is 11.7 Å². The molecular formula is C19H22N4O3S. The topological polar surface area (TPSA) is 91.4 Å². The highest BCUT2D eigenvalue weighted by Gasteiger charge is 2.37. The van der Waals surface area contributed by atoms with E-state index in [1.165, 1.54) is 11.3 Å². The highest BCUT2D eigenvalue weighted by Crippen LogP contribution is 2.25. The van der Waals surface area contributed by atoms with Gasteiger partial charge < -0.3 is 15.5 Å². The third-order valence-electron chi connectivity index (χ3n) is 4.47. The van der Waals surface area contributed by atoms with Crippen molar-refractivity contribution in [2.75, 3.05) is 16.8 Å². The number of thiazole rings is 1. The molecule has 2 aromatic rings. The molecule has 2 heterocycles. The van der Waals surface area contributed by atoms with E-state index in [9.17, 15) is 14.4 Å².